The van der Waals surface area contributed by atoms with Gasteiger partial charge in [0.1, 0.15) is 24.2 Å². The van der Waals surface area contributed by atoms with Crippen molar-refractivity contribution in [1.82, 2.24) is 0 Å². The molecular formula is C15H18N2O4. The molecule has 0 aliphatic carbocycles. The van der Waals surface area contributed by atoms with Gasteiger partial charge in [0.2, 0.25) is 0 Å². The average molecular weight is 290 g/mol. The molecule has 1 atom stereocenters. The lowest BCUT2D eigenvalue weighted by Crippen LogP contribution is -2.27. The molecule has 0 fully saturated rings. The van der Waals surface area contributed by atoms with Gasteiger partial charge in [-0.25, -0.2) is 0 Å². The van der Waals surface area contributed by atoms with Crippen LogP contribution in [0, 0.1) is 0 Å². The fraction of sp³-hybridized carbons (Fsp3) is 0.267. The van der Waals surface area contributed by atoms with Crippen LogP contribution in [0.25, 0.3) is 0 Å². The first-order chi connectivity index (χ1) is 10.1. The zero-order chi connectivity index (χ0) is 15.2. The van der Waals surface area contributed by atoms with Gasteiger partial charge in [-0.05, 0) is 31.2 Å². The lowest BCUT2D eigenvalue weighted by Gasteiger charge is -2.15. The third kappa shape index (κ3) is 4.00. The summed E-state index contributed by atoms with van der Waals surface area (Å²) >= 11 is 0. The van der Waals surface area contributed by atoms with E-state index in [-0.39, 0.29) is 12.5 Å². The maximum Gasteiger partial charge on any atom is 0.253 e. The summed E-state index contributed by atoms with van der Waals surface area (Å²) in [5.74, 6) is 0.894. The Hall–Kier alpha value is -2.47. The fourth-order valence-corrected chi connectivity index (χ4v) is 1.72. The van der Waals surface area contributed by atoms with Crippen LogP contribution in [0.5, 0.6) is 5.75 Å². The predicted octanol–water partition coefficient (Wildman–Crippen LogP) is 2.41. The van der Waals surface area contributed by atoms with Crippen molar-refractivity contribution in [2.75, 3.05) is 18.2 Å². The van der Waals surface area contributed by atoms with Gasteiger partial charge < -0.3 is 24.9 Å². The van der Waals surface area contributed by atoms with E-state index in [1.54, 1.807) is 43.5 Å². The maximum atomic E-state index is 12.1. The van der Waals surface area contributed by atoms with E-state index in [4.69, 9.17) is 19.6 Å². The highest BCUT2D eigenvalue weighted by atomic mass is 16.5. The lowest BCUT2D eigenvalue weighted by atomic mass is 10.2. The number of furan rings is 1. The summed E-state index contributed by atoms with van der Waals surface area (Å²) in [5, 5.41) is 2.74. The number of rotatable bonds is 6. The number of nitrogens with two attached hydrogens (primary N) is 1. The molecule has 1 aromatic heterocycles. The van der Waals surface area contributed by atoms with E-state index in [0.29, 0.717) is 22.9 Å². The van der Waals surface area contributed by atoms with E-state index >= 15 is 0 Å². The third-order valence-electron chi connectivity index (χ3n) is 2.91. The quantitative estimate of drug-likeness (QED) is 0.798. The zero-order valence-corrected chi connectivity index (χ0v) is 12.0. The molecule has 0 aliphatic heterocycles. The summed E-state index contributed by atoms with van der Waals surface area (Å²) in [5.41, 5.74) is 6.78. The van der Waals surface area contributed by atoms with Crippen molar-refractivity contribution in [2.24, 2.45) is 0 Å². The van der Waals surface area contributed by atoms with Crippen LogP contribution in [0.1, 0.15) is 12.7 Å². The summed E-state index contributed by atoms with van der Waals surface area (Å²) in [6.07, 6.45) is 0.931. The van der Waals surface area contributed by atoms with E-state index in [2.05, 4.69) is 5.32 Å². The van der Waals surface area contributed by atoms with Crippen molar-refractivity contribution in [1.29, 1.82) is 0 Å². The number of nitrogen functional groups attached to an aromatic ring is 1. The number of methoxy groups -OCH3 is 1. The molecule has 112 valence electrons. The molecule has 1 heterocycles. The number of anilines is 2. The molecule has 0 radical (unpaired) electrons. The molecule has 2 rings (SSSR count). The first-order valence-corrected chi connectivity index (χ1v) is 6.48. The summed E-state index contributed by atoms with van der Waals surface area (Å²) < 4.78 is 15.8. The van der Waals surface area contributed by atoms with Gasteiger partial charge in [0.05, 0.1) is 19.1 Å². The first-order valence-electron chi connectivity index (χ1n) is 6.48. The van der Waals surface area contributed by atoms with Gasteiger partial charge in [-0.3, -0.25) is 4.79 Å². The van der Waals surface area contributed by atoms with E-state index < -0.39 is 6.10 Å². The average Bonchev–Trinajstić information content (AvgIpc) is 2.99. The van der Waals surface area contributed by atoms with Gasteiger partial charge in [0, 0.05) is 11.8 Å². The molecule has 1 amide bonds. The highest BCUT2D eigenvalue weighted by Crippen LogP contribution is 2.26. The van der Waals surface area contributed by atoms with Crippen molar-refractivity contribution in [2.45, 2.75) is 19.6 Å². The number of carbonyl (C=O) groups is 1. The first kappa shape index (κ1) is 14.9. The molecule has 0 saturated heterocycles. The molecule has 3 N–H and O–H groups in total. The van der Waals surface area contributed by atoms with Gasteiger partial charge in [-0.2, -0.15) is 0 Å². The van der Waals surface area contributed by atoms with E-state index in [9.17, 15) is 4.79 Å². The molecule has 6 heteroatoms. The highest BCUT2D eigenvalue weighted by molar-refractivity contribution is 5.95. The summed E-state index contributed by atoms with van der Waals surface area (Å²) in [7, 11) is 1.52. The van der Waals surface area contributed by atoms with Crippen LogP contribution >= 0.6 is 0 Å². The maximum absolute atomic E-state index is 12.1. The van der Waals surface area contributed by atoms with Crippen molar-refractivity contribution in [3.63, 3.8) is 0 Å². The zero-order valence-electron chi connectivity index (χ0n) is 12.0. The Morgan fingerprint density at radius 1 is 1.43 bits per heavy atom. The van der Waals surface area contributed by atoms with E-state index in [0.717, 1.165) is 0 Å². The Labute approximate surface area is 122 Å². The predicted molar refractivity (Wildman–Crippen MR) is 79.0 cm³/mol. The second-order valence-electron chi connectivity index (χ2n) is 4.48. The minimum atomic E-state index is -0.627. The normalized spacial score (nSPS) is 11.9. The van der Waals surface area contributed by atoms with Gasteiger partial charge in [-0.15, -0.1) is 0 Å². The molecule has 1 unspecified atom stereocenters. The van der Waals surface area contributed by atoms with E-state index in [1.807, 2.05) is 0 Å². The molecular weight excluding hydrogens is 272 g/mol. The van der Waals surface area contributed by atoms with Gasteiger partial charge in [0.15, 0.2) is 0 Å². The number of amides is 1. The van der Waals surface area contributed by atoms with Crippen LogP contribution in [0.4, 0.5) is 11.4 Å². The van der Waals surface area contributed by atoms with Crippen LogP contribution < -0.4 is 15.8 Å². The molecule has 21 heavy (non-hydrogen) atoms. The van der Waals surface area contributed by atoms with E-state index in [1.165, 1.54) is 7.11 Å². The minimum absolute atomic E-state index is 0.237. The van der Waals surface area contributed by atoms with Crippen LogP contribution in [0.2, 0.25) is 0 Å². The number of benzene rings is 1. The van der Waals surface area contributed by atoms with Crippen LogP contribution in [-0.2, 0) is 16.1 Å². The Kier molecular flexibility index (Phi) is 4.84. The molecule has 6 nitrogen and oxygen atoms in total. The van der Waals surface area contributed by atoms with Crippen LogP contribution in [0.15, 0.2) is 41.0 Å². The van der Waals surface area contributed by atoms with Gasteiger partial charge in [0.25, 0.3) is 5.91 Å². The monoisotopic (exact) mass is 290 g/mol. The number of hydrogen-bond acceptors (Lipinski definition) is 5. The largest absolute Gasteiger partial charge is 0.494 e. The van der Waals surface area contributed by atoms with Crippen LogP contribution in [0.3, 0.4) is 0 Å². The van der Waals surface area contributed by atoms with Crippen LogP contribution in [-0.4, -0.2) is 19.1 Å². The topological polar surface area (TPSA) is 86.7 Å². The molecule has 0 spiro atoms. The fourth-order valence-electron chi connectivity index (χ4n) is 1.72. The summed E-state index contributed by atoms with van der Waals surface area (Å²) in [6, 6.07) is 8.57. The number of hydrogen-bond donors (Lipinski definition) is 2. The smallest absolute Gasteiger partial charge is 0.253 e. The standard InChI is InChI=1S/C15H18N2O4/c1-10(21-9-12-4-3-7-20-12)15(18)17-13-6-5-11(16)8-14(13)19-2/h3-8,10H,9,16H2,1-2H3,(H,17,18). The minimum Gasteiger partial charge on any atom is -0.494 e. The SMILES string of the molecule is COc1cc(N)ccc1NC(=O)C(C)OCc1ccco1. The van der Waals surface area contributed by atoms with Crippen molar-refractivity contribution < 1.29 is 18.7 Å². The molecule has 0 saturated carbocycles. The molecule has 2 aromatic rings. The van der Waals surface area contributed by atoms with Crippen molar-refractivity contribution >= 4 is 17.3 Å². The summed E-state index contributed by atoms with van der Waals surface area (Å²) in [4.78, 5) is 12.1. The summed E-state index contributed by atoms with van der Waals surface area (Å²) in [6.45, 7) is 1.91. The Morgan fingerprint density at radius 2 is 2.24 bits per heavy atom. The number of carbonyl (C=O) groups excluding carboxylic acids is 1. The Morgan fingerprint density at radius 3 is 2.90 bits per heavy atom. The Bertz CT molecular complexity index is 596. The molecule has 0 bridgehead atoms. The molecule has 1 aromatic carbocycles. The highest BCUT2D eigenvalue weighted by Gasteiger charge is 2.16. The lowest BCUT2D eigenvalue weighted by molar-refractivity contribution is -0.127. The van der Waals surface area contributed by atoms with Gasteiger partial charge in [-0.1, -0.05) is 0 Å². The second-order valence-corrected chi connectivity index (χ2v) is 4.48. The Balaban J connectivity index is 1.94. The number of ether oxygens (including phenoxy) is 2. The van der Waals surface area contributed by atoms with Gasteiger partial charge >= 0.3 is 0 Å². The van der Waals surface area contributed by atoms with Crippen molar-refractivity contribution in [3.05, 3.63) is 42.4 Å². The number of nitrogens with one attached hydrogen (secondary N) is 1. The van der Waals surface area contributed by atoms with Crippen molar-refractivity contribution in [3.8, 4) is 5.75 Å². The third-order valence-corrected chi connectivity index (χ3v) is 2.91. The molecule has 0 aliphatic rings. The second kappa shape index (κ2) is 6.81.